The lowest BCUT2D eigenvalue weighted by Crippen LogP contribution is -1.97. The SMILES string of the molecule is CC#C[C@@H](CC#N)c1ccc(OCc2ccc3sc(F)c(-c4ccccc4C)c3c2)cc1. The van der Waals surface area contributed by atoms with Crippen LogP contribution in [-0.2, 0) is 6.61 Å². The quantitative estimate of drug-likeness (QED) is 0.290. The van der Waals surface area contributed by atoms with Gasteiger partial charge in [-0.25, -0.2) is 0 Å². The number of ether oxygens (including phenoxy) is 1. The molecule has 32 heavy (non-hydrogen) atoms. The number of fused-ring (bicyclic) bond motifs is 1. The van der Waals surface area contributed by atoms with Gasteiger partial charge in [-0.05, 0) is 60.4 Å². The van der Waals surface area contributed by atoms with E-state index in [0.29, 0.717) is 18.6 Å². The second-order valence-electron chi connectivity index (χ2n) is 7.56. The molecule has 0 bridgehead atoms. The maximum absolute atomic E-state index is 14.8. The summed E-state index contributed by atoms with van der Waals surface area (Å²) < 4.78 is 21.7. The van der Waals surface area contributed by atoms with Crippen LogP contribution in [0.15, 0.2) is 66.7 Å². The Morgan fingerprint density at radius 1 is 1.06 bits per heavy atom. The van der Waals surface area contributed by atoms with Crippen LogP contribution in [0.3, 0.4) is 0 Å². The van der Waals surface area contributed by atoms with E-state index in [2.05, 4.69) is 17.9 Å². The maximum Gasteiger partial charge on any atom is 0.185 e. The van der Waals surface area contributed by atoms with Crippen molar-refractivity contribution in [2.45, 2.75) is 32.8 Å². The van der Waals surface area contributed by atoms with E-state index in [9.17, 15) is 4.39 Å². The molecule has 0 spiro atoms. The van der Waals surface area contributed by atoms with E-state index in [4.69, 9.17) is 10.00 Å². The molecule has 2 nitrogen and oxygen atoms in total. The van der Waals surface area contributed by atoms with Crippen LogP contribution in [-0.4, -0.2) is 0 Å². The van der Waals surface area contributed by atoms with Crippen molar-refractivity contribution < 1.29 is 9.13 Å². The third kappa shape index (κ3) is 4.52. The fraction of sp³-hybridized carbons (Fsp3) is 0.179. The molecule has 0 aliphatic carbocycles. The van der Waals surface area contributed by atoms with Gasteiger partial charge in [0.05, 0.1) is 18.4 Å². The molecule has 1 aromatic heterocycles. The van der Waals surface area contributed by atoms with Crippen LogP contribution in [0.25, 0.3) is 21.2 Å². The third-order valence-corrected chi connectivity index (χ3v) is 6.39. The van der Waals surface area contributed by atoms with E-state index < -0.39 is 0 Å². The molecule has 3 aromatic carbocycles. The van der Waals surface area contributed by atoms with Crippen LogP contribution >= 0.6 is 11.3 Å². The molecular weight excluding hydrogens is 417 g/mol. The molecule has 0 saturated carbocycles. The number of nitrogens with zero attached hydrogens (tertiary/aromatic N) is 1. The molecule has 0 aliphatic heterocycles. The molecular formula is C28H22FNOS. The number of thiophene rings is 1. The first-order valence-corrected chi connectivity index (χ1v) is 11.2. The van der Waals surface area contributed by atoms with Gasteiger partial charge in [-0.1, -0.05) is 48.4 Å². The molecule has 1 heterocycles. The minimum atomic E-state index is -0.162. The lowest BCUT2D eigenvalue weighted by atomic mass is 9.97. The lowest BCUT2D eigenvalue weighted by Gasteiger charge is -2.10. The molecule has 4 heteroatoms. The van der Waals surface area contributed by atoms with Crippen molar-refractivity contribution in [1.82, 2.24) is 0 Å². The van der Waals surface area contributed by atoms with Gasteiger partial charge in [0.2, 0.25) is 0 Å². The van der Waals surface area contributed by atoms with Crippen molar-refractivity contribution >= 4 is 21.4 Å². The molecule has 4 rings (SSSR count). The summed E-state index contributed by atoms with van der Waals surface area (Å²) >= 11 is 1.18. The van der Waals surface area contributed by atoms with Crippen molar-refractivity contribution in [2.75, 3.05) is 0 Å². The normalized spacial score (nSPS) is 11.4. The Morgan fingerprint density at radius 3 is 2.56 bits per heavy atom. The van der Waals surface area contributed by atoms with Gasteiger partial charge in [0.15, 0.2) is 5.13 Å². The van der Waals surface area contributed by atoms with Crippen LogP contribution < -0.4 is 4.74 Å². The average molecular weight is 440 g/mol. The Morgan fingerprint density at radius 2 is 1.84 bits per heavy atom. The summed E-state index contributed by atoms with van der Waals surface area (Å²) in [5.74, 6) is 6.62. The van der Waals surface area contributed by atoms with Crippen molar-refractivity contribution in [3.8, 4) is 34.8 Å². The molecule has 0 N–H and O–H groups in total. The third-order valence-electron chi connectivity index (χ3n) is 5.43. The Kier molecular flexibility index (Phi) is 6.55. The number of halogens is 1. The smallest absolute Gasteiger partial charge is 0.185 e. The summed E-state index contributed by atoms with van der Waals surface area (Å²) in [6.45, 7) is 4.17. The first-order chi connectivity index (χ1) is 15.6. The van der Waals surface area contributed by atoms with Gasteiger partial charge >= 0.3 is 0 Å². The standard InChI is InChI=1S/C28H22FNOS/c1-3-6-21(15-16-30)22-10-12-23(13-11-22)31-18-20-9-14-26-25(17-20)27(28(29)32-26)24-8-5-4-7-19(24)2/h4-5,7-14,17,21H,15,18H2,1-2H3/t21-/m0/s1. The number of hydrogen-bond acceptors (Lipinski definition) is 3. The topological polar surface area (TPSA) is 33.0 Å². The second-order valence-corrected chi connectivity index (χ2v) is 8.57. The molecule has 1 atom stereocenters. The van der Waals surface area contributed by atoms with Crippen molar-refractivity contribution in [3.05, 3.63) is 88.6 Å². The molecule has 0 radical (unpaired) electrons. The summed E-state index contributed by atoms with van der Waals surface area (Å²) in [7, 11) is 0. The summed E-state index contributed by atoms with van der Waals surface area (Å²) in [4.78, 5) is 0. The molecule has 158 valence electrons. The van der Waals surface area contributed by atoms with Crippen molar-refractivity contribution in [3.63, 3.8) is 0 Å². The Balaban J connectivity index is 1.55. The molecule has 0 unspecified atom stereocenters. The number of aryl methyl sites for hydroxylation is 1. The Hall–Kier alpha value is -3.60. The van der Waals surface area contributed by atoms with E-state index in [1.807, 2.05) is 73.7 Å². The van der Waals surface area contributed by atoms with E-state index in [1.165, 1.54) is 11.3 Å². The highest BCUT2D eigenvalue weighted by Crippen LogP contribution is 2.39. The number of benzene rings is 3. The number of rotatable bonds is 6. The average Bonchev–Trinajstić information content (AvgIpc) is 3.13. The van der Waals surface area contributed by atoms with E-state index in [-0.39, 0.29) is 11.0 Å². The predicted octanol–water partition coefficient (Wildman–Crippen LogP) is 7.62. The largest absolute Gasteiger partial charge is 0.489 e. The van der Waals surface area contributed by atoms with Gasteiger partial charge in [-0.2, -0.15) is 9.65 Å². The van der Waals surface area contributed by atoms with Crippen LogP contribution in [0.1, 0.15) is 36.0 Å². The highest BCUT2D eigenvalue weighted by atomic mass is 32.1. The molecule has 0 aliphatic rings. The fourth-order valence-electron chi connectivity index (χ4n) is 3.79. The highest BCUT2D eigenvalue weighted by molar-refractivity contribution is 7.18. The number of nitriles is 1. The second kappa shape index (κ2) is 9.69. The maximum atomic E-state index is 14.8. The van der Waals surface area contributed by atoms with Gasteiger partial charge in [-0.3, -0.25) is 0 Å². The first kappa shape index (κ1) is 21.6. The van der Waals surface area contributed by atoms with Crippen LogP contribution in [0.2, 0.25) is 0 Å². The summed E-state index contributed by atoms with van der Waals surface area (Å²) in [6, 6.07) is 23.7. The van der Waals surface area contributed by atoms with E-state index in [0.717, 1.165) is 38.1 Å². The van der Waals surface area contributed by atoms with E-state index >= 15 is 0 Å². The van der Waals surface area contributed by atoms with Crippen LogP contribution in [0.4, 0.5) is 4.39 Å². The van der Waals surface area contributed by atoms with Crippen LogP contribution in [0, 0.1) is 35.2 Å². The summed E-state index contributed by atoms with van der Waals surface area (Å²) in [5.41, 5.74) is 4.62. The van der Waals surface area contributed by atoms with Gasteiger partial charge in [-0.15, -0.1) is 17.3 Å². The lowest BCUT2D eigenvalue weighted by molar-refractivity contribution is 0.306. The molecule has 4 aromatic rings. The van der Waals surface area contributed by atoms with Crippen LogP contribution in [0.5, 0.6) is 5.75 Å². The van der Waals surface area contributed by atoms with Crippen molar-refractivity contribution in [2.24, 2.45) is 0 Å². The van der Waals surface area contributed by atoms with Gasteiger partial charge in [0.25, 0.3) is 0 Å². The first-order valence-electron chi connectivity index (χ1n) is 10.4. The van der Waals surface area contributed by atoms with Gasteiger partial charge in [0, 0.05) is 15.6 Å². The molecule has 0 amide bonds. The predicted molar refractivity (Wildman–Crippen MR) is 129 cm³/mol. The summed E-state index contributed by atoms with van der Waals surface area (Å²) in [5, 5.41) is 9.76. The zero-order valence-electron chi connectivity index (χ0n) is 18.0. The molecule has 0 saturated heterocycles. The van der Waals surface area contributed by atoms with E-state index in [1.54, 1.807) is 6.92 Å². The monoisotopic (exact) mass is 439 g/mol. The number of hydrogen-bond donors (Lipinski definition) is 0. The Bertz CT molecular complexity index is 1350. The zero-order chi connectivity index (χ0) is 22.5. The van der Waals surface area contributed by atoms with Gasteiger partial charge < -0.3 is 4.74 Å². The Labute approximate surface area is 191 Å². The zero-order valence-corrected chi connectivity index (χ0v) is 18.8. The fourth-order valence-corrected chi connectivity index (χ4v) is 4.71. The molecule has 0 fully saturated rings. The van der Waals surface area contributed by atoms with Crippen molar-refractivity contribution in [1.29, 1.82) is 5.26 Å². The summed E-state index contributed by atoms with van der Waals surface area (Å²) in [6.07, 6.45) is 0.363. The van der Waals surface area contributed by atoms with Gasteiger partial charge in [0.1, 0.15) is 12.4 Å². The highest BCUT2D eigenvalue weighted by Gasteiger charge is 2.16. The minimum Gasteiger partial charge on any atom is -0.489 e. The minimum absolute atomic E-state index is 0.0881.